The number of aryl methyl sites for hydroxylation is 1. The Kier molecular flexibility index (Phi) is 6.75. The molecule has 0 bridgehead atoms. The number of carbonyl (C=O) groups excluding carboxylic acids is 2. The number of rotatable bonds is 6. The smallest absolute Gasteiger partial charge is 0.339 e. The van der Waals surface area contributed by atoms with Gasteiger partial charge in [0.1, 0.15) is 0 Å². The highest BCUT2D eigenvalue weighted by Crippen LogP contribution is 2.27. The summed E-state index contributed by atoms with van der Waals surface area (Å²) >= 11 is 7.32. The lowest BCUT2D eigenvalue weighted by Gasteiger charge is -2.10. The van der Waals surface area contributed by atoms with E-state index in [4.69, 9.17) is 16.3 Å². The lowest BCUT2D eigenvalue weighted by atomic mass is 10.0. The number of benzene rings is 3. The molecule has 5 aromatic rings. The average molecular weight is 514 g/mol. The highest BCUT2D eigenvalue weighted by Gasteiger charge is 2.17. The van der Waals surface area contributed by atoms with Crippen molar-refractivity contribution < 1.29 is 14.3 Å². The van der Waals surface area contributed by atoms with Gasteiger partial charge in [0.15, 0.2) is 11.7 Å². The van der Waals surface area contributed by atoms with Crippen LogP contribution in [0.5, 0.6) is 0 Å². The molecule has 178 valence electrons. The molecule has 0 aliphatic rings. The van der Waals surface area contributed by atoms with E-state index in [-0.39, 0.29) is 0 Å². The van der Waals surface area contributed by atoms with Crippen LogP contribution in [-0.4, -0.2) is 28.5 Å². The van der Waals surface area contributed by atoms with Crippen molar-refractivity contribution in [3.63, 3.8) is 0 Å². The summed E-state index contributed by atoms with van der Waals surface area (Å²) in [7, 11) is 0. The number of aromatic nitrogens is 2. The molecule has 3 aromatic carbocycles. The highest BCUT2D eigenvalue weighted by molar-refractivity contribution is 7.14. The van der Waals surface area contributed by atoms with Crippen LogP contribution in [0.1, 0.15) is 15.9 Å². The Hall–Kier alpha value is -4.07. The molecule has 8 heteroatoms. The largest absolute Gasteiger partial charge is 0.452 e. The number of thiazole rings is 1. The normalized spacial score (nSPS) is 10.8. The molecule has 2 heterocycles. The van der Waals surface area contributed by atoms with Crippen molar-refractivity contribution in [3.05, 3.63) is 100 Å². The van der Waals surface area contributed by atoms with Gasteiger partial charge < -0.3 is 4.74 Å². The zero-order chi connectivity index (χ0) is 25.1. The van der Waals surface area contributed by atoms with E-state index in [1.807, 2.05) is 66.9 Å². The second-order valence-electron chi connectivity index (χ2n) is 8.11. The summed E-state index contributed by atoms with van der Waals surface area (Å²) in [6.07, 6.45) is 0. The molecule has 0 fully saturated rings. The number of hydrogen-bond acceptors (Lipinski definition) is 6. The van der Waals surface area contributed by atoms with Crippen LogP contribution in [0.4, 0.5) is 5.13 Å². The maximum absolute atomic E-state index is 13.0. The van der Waals surface area contributed by atoms with Gasteiger partial charge in [-0.3, -0.25) is 10.1 Å². The second kappa shape index (κ2) is 10.3. The fraction of sp³-hybridized carbons (Fsp3) is 0.0714. The molecule has 1 N–H and O–H groups in total. The summed E-state index contributed by atoms with van der Waals surface area (Å²) in [5, 5.41) is 6.25. The predicted octanol–water partition coefficient (Wildman–Crippen LogP) is 6.78. The molecule has 0 radical (unpaired) electrons. The van der Waals surface area contributed by atoms with Gasteiger partial charge in [0.2, 0.25) is 0 Å². The van der Waals surface area contributed by atoms with Crippen LogP contribution in [0.25, 0.3) is 33.4 Å². The van der Waals surface area contributed by atoms with Crippen LogP contribution in [0.15, 0.2) is 84.2 Å². The van der Waals surface area contributed by atoms with Gasteiger partial charge in [-0.1, -0.05) is 71.8 Å². The van der Waals surface area contributed by atoms with Crippen LogP contribution in [0.3, 0.4) is 0 Å². The van der Waals surface area contributed by atoms with Gasteiger partial charge in [-0.25, -0.2) is 14.8 Å². The van der Waals surface area contributed by atoms with Crippen molar-refractivity contribution >= 4 is 50.8 Å². The van der Waals surface area contributed by atoms with Crippen LogP contribution < -0.4 is 5.32 Å². The SMILES string of the molecule is Cc1ccc(-c2csc(NC(=O)COC(=O)c3cc(-c4ccc(Cl)cc4)nc4ccccc34)n2)cc1. The third kappa shape index (κ3) is 5.27. The number of fused-ring (bicyclic) bond motifs is 1. The number of esters is 1. The molecule has 0 aliphatic heterocycles. The summed E-state index contributed by atoms with van der Waals surface area (Å²) < 4.78 is 5.36. The minimum absolute atomic E-state index is 0.328. The molecule has 0 aliphatic carbocycles. The van der Waals surface area contributed by atoms with E-state index in [9.17, 15) is 9.59 Å². The van der Waals surface area contributed by atoms with Crippen molar-refractivity contribution in [1.82, 2.24) is 9.97 Å². The molecular weight excluding hydrogens is 494 g/mol. The van der Waals surface area contributed by atoms with E-state index in [1.54, 1.807) is 24.3 Å². The van der Waals surface area contributed by atoms with Gasteiger partial charge in [0.25, 0.3) is 5.91 Å². The molecule has 5 rings (SSSR count). The minimum atomic E-state index is -0.613. The van der Waals surface area contributed by atoms with Crippen molar-refractivity contribution in [1.29, 1.82) is 0 Å². The first kappa shape index (κ1) is 23.7. The number of halogens is 1. The number of nitrogens with zero attached hydrogens (tertiary/aromatic N) is 2. The van der Waals surface area contributed by atoms with E-state index >= 15 is 0 Å². The van der Waals surface area contributed by atoms with Gasteiger partial charge in [-0.2, -0.15) is 0 Å². The Morgan fingerprint density at radius 3 is 2.39 bits per heavy atom. The number of carbonyl (C=O) groups is 2. The maximum atomic E-state index is 13.0. The maximum Gasteiger partial charge on any atom is 0.339 e. The van der Waals surface area contributed by atoms with Crippen molar-refractivity contribution in [3.8, 4) is 22.5 Å². The minimum Gasteiger partial charge on any atom is -0.452 e. The van der Waals surface area contributed by atoms with Crippen LogP contribution in [0.2, 0.25) is 5.02 Å². The lowest BCUT2D eigenvalue weighted by Crippen LogP contribution is -2.21. The first-order valence-corrected chi connectivity index (χ1v) is 12.4. The van der Waals surface area contributed by atoms with E-state index in [2.05, 4.69) is 15.3 Å². The fourth-order valence-corrected chi connectivity index (χ4v) is 4.53. The molecule has 6 nitrogen and oxygen atoms in total. The molecule has 0 saturated heterocycles. The number of para-hydroxylation sites is 1. The third-order valence-corrected chi connectivity index (χ3v) is 6.52. The monoisotopic (exact) mass is 513 g/mol. The van der Waals surface area contributed by atoms with E-state index in [0.29, 0.717) is 32.3 Å². The Balaban J connectivity index is 1.30. The Bertz CT molecular complexity index is 1560. The summed E-state index contributed by atoms with van der Waals surface area (Å²) in [6, 6.07) is 24.1. The molecule has 36 heavy (non-hydrogen) atoms. The number of hydrogen-bond donors (Lipinski definition) is 1. The molecule has 0 atom stereocenters. The first-order valence-electron chi connectivity index (χ1n) is 11.1. The predicted molar refractivity (Wildman–Crippen MR) is 143 cm³/mol. The summed E-state index contributed by atoms with van der Waals surface area (Å²) in [5.41, 5.74) is 5.28. The lowest BCUT2D eigenvalue weighted by molar-refractivity contribution is -0.119. The highest BCUT2D eigenvalue weighted by atomic mass is 35.5. The molecular formula is C28H20ClN3O3S. The first-order chi connectivity index (χ1) is 17.5. The van der Waals surface area contributed by atoms with Gasteiger partial charge >= 0.3 is 5.97 Å². The zero-order valence-corrected chi connectivity index (χ0v) is 20.8. The number of nitrogens with one attached hydrogen (secondary N) is 1. The van der Waals surface area contributed by atoms with Gasteiger partial charge in [-0.15, -0.1) is 11.3 Å². The van der Waals surface area contributed by atoms with Crippen LogP contribution in [0, 0.1) is 6.92 Å². The summed E-state index contributed by atoms with van der Waals surface area (Å²) in [4.78, 5) is 34.6. The van der Waals surface area contributed by atoms with Crippen molar-refractivity contribution in [2.24, 2.45) is 0 Å². The zero-order valence-electron chi connectivity index (χ0n) is 19.2. The second-order valence-corrected chi connectivity index (χ2v) is 9.40. The Morgan fingerprint density at radius 2 is 1.61 bits per heavy atom. The van der Waals surface area contributed by atoms with Gasteiger partial charge in [0.05, 0.1) is 22.5 Å². The Morgan fingerprint density at radius 1 is 0.917 bits per heavy atom. The van der Waals surface area contributed by atoms with E-state index in [0.717, 1.165) is 22.4 Å². The molecule has 0 unspecified atom stereocenters. The average Bonchev–Trinajstić information content (AvgIpc) is 3.35. The molecule has 2 aromatic heterocycles. The van der Waals surface area contributed by atoms with Crippen LogP contribution in [-0.2, 0) is 9.53 Å². The molecule has 0 spiro atoms. The molecule has 0 saturated carbocycles. The summed E-state index contributed by atoms with van der Waals surface area (Å²) in [5.74, 6) is -1.08. The quantitative estimate of drug-likeness (QED) is 0.253. The van der Waals surface area contributed by atoms with E-state index in [1.165, 1.54) is 11.3 Å². The van der Waals surface area contributed by atoms with Gasteiger partial charge in [0, 0.05) is 26.9 Å². The third-order valence-electron chi connectivity index (χ3n) is 5.51. The number of pyridine rings is 1. The topological polar surface area (TPSA) is 81.2 Å². The number of amides is 1. The van der Waals surface area contributed by atoms with Crippen molar-refractivity contribution in [2.75, 3.05) is 11.9 Å². The summed E-state index contributed by atoms with van der Waals surface area (Å²) in [6.45, 7) is 1.58. The van der Waals surface area contributed by atoms with Crippen molar-refractivity contribution in [2.45, 2.75) is 6.92 Å². The number of anilines is 1. The van der Waals surface area contributed by atoms with Gasteiger partial charge in [-0.05, 0) is 31.2 Å². The van der Waals surface area contributed by atoms with E-state index < -0.39 is 18.5 Å². The molecule has 1 amide bonds. The fourth-order valence-electron chi connectivity index (χ4n) is 3.67. The Labute approximate surface area is 216 Å². The number of ether oxygens (including phenoxy) is 1. The standard InChI is InChI=1S/C28H20ClN3O3S/c1-17-6-8-19(9-7-17)25-16-36-28(31-25)32-26(33)15-35-27(34)22-14-24(18-10-12-20(29)13-11-18)30-23-5-3-2-4-21(22)23/h2-14,16H,15H2,1H3,(H,31,32,33). The van der Waals surface area contributed by atoms with Crippen LogP contribution >= 0.6 is 22.9 Å².